The number of fused-ring (bicyclic) bond motifs is 1. The average Bonchev–Trinajstić information content (AvgIpc) is 2.98. The summed E-state index contributed by atoms with van der Waals surface area (Å²) in [6, 6.07) is 17.0. The molecule has 29 heavy (non-hydrogen) atoms. The van der Waals surface area contributed by atoms with Crippen molar-refractivity contribution in [3.63, 3.8) is 0 Å². The molecular formula is C21H16BrCl2N3OS. The van der Waals surface area contributed by atoms with Crippen molar-refractivity contribution in [3.8, 4) is 5.69 Å². The van der Waals surface area contributed by atoms with Gasteiger partial charge in [-0.25, -0.2) is 14.3 Å². The Hall–Kier alpha value is -1.73. The number of rotatable bonds is 4. The molecule has 4 rings (SSSR count). The van der Waals surface area contributed by atoms with Crippen LogP contribution in [0.1, 0.15) is 19.4 Å². The summed E-state index contributed by atoms with van der Waals surface area (Å²) in [5.74, 6) is 0. The third-order valence-corrected chi connectivity index (χ3v) is 6.86. The third-order valence-electron chi connectivity index (χ3n) is 4.55. The highest BCUT2D eigenvalue weighted by Crippen LogP contribution is 2.44. The van der Waals surface area contributed by atoms with Crippen LogP contribution in [-0.2, 0) is 4.75 Å². The highest BCUT2D eigenvalue weighted by atomic mass is 79.9. The van der Waals surface area contributed by atoms with Crippen molar-refractivity contribution in [3.05, 3.63) is 85.3 Å². The number of hydrogen-bond donors (Lipinski definition) is 1. The minimum Gasteiger partial charge on any atom is -0.304 e. The van der Waals surface area contributed by atoms with E-state index in [-0.39, 0.29) is 10.4 Å². The van der Waals surface area contributed by atoms with E-state index < -0.39 is 0 Å². The Morgan fingerprint density at radius 2 is 1.83 bits per heavy atom. The van der Waals surface area contributed by atoms with Gasteiger partial charge in [-0.05, 0) is 71.7 Å². The van der Waals surface area contributed by atoms with Crippen LogP contribution in [0.5, 0.6) is 0 Å². The molecule has 2 aromatic carbocycles. The van der Waals surface area contributed by atoms with Crippen LogP contribution in [0.4, 0.5) is 0 Å². The fourth-order valence-electron chi connectivity index (χ4n) is 3.21. The molecule has 0 aliphatic carbocycles. The van der Waals surface area contributed by atoms with Gasteiger partial charge in [0.15, 0.2) is 5.65 Å². The Bertz CT molecular complexity index is 1280. The highest BCUT2D eigenvalue weighted by Gasteiger charge is 2.25. The van der Waals surface area contributed by atoms with Crippen molar-refractivity contribution in [1.29, 1.82) is 0 Å². The smallest absolute Gasteiger partial charge is 0.304 e. The quantitative estimate of drug-likeness (QED) is 0.243. The molecule has 0 radical (unpaired) electrons. The Balaban J connectivity index is 1.80. The summed E-state index contributed by atoms with van der Waals surface area (Å²) in [5, 5.41) is 1.19. The molecule has 0 aliphatic rings. The fraction of sp³-hybridized carbons (Fsp3) is 0.143. The van der Waals surface area contributed by atoms with Gasteiger partial charge < -0.3 is 4.98 Å². The van der Waals surface area contributed by atoms with E-state index in [0.29, 0.717) is 26.5 Å². The fourth-order valence-corrected chi connectivity index (χ4v) is 5.32. The lowest BCUT2D eigenvalue weighted by Crippen LogP contribution is -2.16. The van der Waals surface area contributed by atoms with Crippen LogP contribution in [0.2, 0.25) is 10.0 Å². The summed E-state index contributed by atoms with van der Waals surface area (Å²) >= 11 is 17.9. The van der Waals surface area contributed by atoms with Crippen molar-refractivity contribution < 1.29 is 0 Å². The van der Waals surface area contributed by atoms with E-state index in [1.54, 1.807) is 30.0 Å². The molecule has 148 valence electrons. The molecule has 4 aromatic rings. The number of thioether (sulfide) groups is 1. The molecule has 4 nitrogen and oxygen atoms in total. The molecule has 0 spiro atoms. The molecule has 0 saturated heterocycles. The maximum Gasteiger partial charge on any atom is 0.332 e. The second-order valence-electron chi connectivity index (χ2n) is 6.98. The Morgan fingerprint density at radius 3 is 2.59 bits per heavy atom. The number of aromatic nitrogens is 3. The van der Waals surface area contributed by atoms with Gasteiger partial charge in [0, 0.05) is 14.7 Å². The second kappa shape index (κ2) is 7.84. The van der Waals surface area contributed by atoms with E-state index in [4.69, 9.17) is 23.2 Å². The number of H-pyrrole nitrogens is 1. The SMILES string of the molecule is CC(C)(Sc1ccc(Cl)c(-n2c(=O)[nH]c3ccc(Br)nc32)c1)c1ccccc1Cl. The standard InChI is InChI=1S/C21H16BrCl2N3OS/c1-21(2,13-5-3-4-6-14(13)23)29-12-7-8-15(24)17(11-12)27-19-16(25-20(27)28)9-10-18(22)26-19/h3-11H,1-2H3,(H,25,28). The topological polar surface area (TPSA) is 50.7 Å². The molecule has 8 heteroatoms. The largest absolute Gasteiger partial charge is 0.332 e. The van der Waals surface area contributed by atoms with Gasteiger partial charge in [-0.2, -0.15) is 0 Å². The molecule has 0 aliphatic heterocycles. The summed E-state index contributed by atoms with van der Waals surface area (Å²) in [7, 11) is 0. The maximum absolute atomic E-state index is 12.6. The molecule has 0 fully saturated rings. The van der Waals surface area contributed by atoms with Crippen LogP contribution in [0.25, 0.3) is 16.9 Å². The van der Waals surface area contributed by atoms with Crippen LogP contribution in [0.15, 0.2) is 68.9 Å². The lowest BCUT2D eigenvalue weighted by molar-refractivity contribution is 0.782. The van der Waals surface area contributed by atoms with Gasteiger partial charge in [0.05, 0.1) is 16.2 Å². The number of benzene rings is 2. The zero-order valence-corrected chi connectivity index (χ0v) is 19.5. The minimum atomic E-state index is -0.292. The number of nitrogens with one attached hydrogen (secondary N) is 1. The van der Waals surface area contributed by atoms with Crippen LogP contribution in [0.3, 0.4) is 0 Å². The summed E-state index contributed by atoms with van der Waals surface area (Å²) in [4.78, 5) is 20.9. The van der Waals surface area contributed by atoms with Crippen LogP contribution in [-0.4, -0.2) is 14.5 Å². The predicted molar refractivity (Wildman–Crippen MR) is 125 cm³/mol. The highest BCUT2D eigenvalue weighted by molar-refractivity contribution is 9.10. The first-order chi connectivity index (χ1) is 13.8. The van der Waals surface area contributed by atoms with Gasteiger partial charge in [-0.15, -0.1) is 11.8 Å². The number of halogens is 3. The summed E-state index contributed by atoms with van der Waals surface area (Å²) in [6.07, 6.45) is 0. The van der Waals surface area contributed by atoms with Gasteiger partial charge >= 0.3 is 5.69 Å². The van der Waals surface area contributed by atoms with Gasteiger partial charge in [0.25, 0.3) is 0 Å². The molecule has 0 saturated carbocycles. The lowest BCUT2D eigenvalue weighted by Gasteiger charge is -2.26. The monoisotopic (exact) mass is 507 g/mol. The van der Waals surface area contributed by atoms with Gasteiger partial charge in [-0.3, -0.25) is 0 Å². The Kier molecular flexibility index (Phi) is 5.55. The lowest BCUT2D eigenvalue weighted by atomic mass is 10.0. The molecule has 0 unspecified atom stereocenters. The van der Waals surface area contributed by atoms with Crippen LogP contribution in [0, 0.1) is 0 Å². The van der Waals surface area contributed by atoms with E-state index in [1.165, 1.54) is 4.57 Å². The number of aromatic amines is 1. The zero-order valence-electron chi connectivity index (χ0n) is 15.5. The van der Waals surface area contributed by atoms with Crippen LogP contribution < -0.4 is 5.69 Å². The van der Waals surface area contributed by atoms with E-state index in [2.05, 4.69) is 39.7 Å². The van der Waals surface area contributed by atoms with E-state index in [1.807, 2.05) is 36.4 Å². The first-order valence-corrected chi connectivity index (χ1v) is 11.1. The van der Waals surface area contributed by atoms with Crippen molar-refractivity contribution >= 4 is 62.1 Å². The van der Waals surface area contributed by atoms with Crippen molar-refractivity contribution in [2.75, 3.05) is 0 Å². The molecule has 0 amide bonds. The molecule has 2 heterocycles. The number of pyridine rings is 1. The number of hydrogen-bond acceptors (Lipinski definition) is 3. The summed E-state index contributed by atoms with van der Waals surface area (Å²) in [5.41, 5.74) is 2.48. The normalized spacial score (nSPS) is 11.9. The average molecular weight is 509 g/mol. The Morgan fingerprint density at radius 1 is 1.07 bits per heavy atom. The first kappa shape index (κ1) is 20.5. The summed E-state index contributed by atoms with van der Waals surface area (Å²) in [6.45, 7) is 4.23. The molecular weight excluding hydrogens is 493 g/mol. The third kappa shape index (κ3) is 3.99. The van der Waals surface area contributed by atoms with Gasteiger partial charge in [-0.1, -0.05) is 41.4 Å². The van der Waals surface area contributed by atoms with Crippen molar-refractivity contribution in [1.82, 2.24) is 14.5 Å². The number of imidazole rings is 1. The van der Waals surface area contributed by atoms with E-state index in [0.717, 1.165) is 15.5 Å². The van der Waals surface area contributed by atoms with Crippen molar-refractivity contribution in [2.45, 2.75) is 23.5 Å². The van der Waals surface area contributed by atoms with Crippen LogP contribution >= 0.6 is 50.9 Å². The van der Waals surface area contributed by atoms with Gasteiger partial charge in [0.1, 0.15) is 4.60 Å². The summed E-state index contributed by atoms with van der Waals surface area (Å²) < 4.78 is 1.85. The molecule has 1 N–H and O–H groups in total. The van der Waals surface area contributed by atoms with Gasteiger partial charge in [0.2, 0.25) is 0 Å². The van der Waals surface area contributed by atoms with Crippen molar-refractivity contribution in [2.24, 2.45) is 0 Å². The second-order valence-corrected chi connectivity index (χ2v) is 10.3. The van der Waals surface area contributed by atoms with E-state index in [9.17, 15) is 4.79 Å². The molecule has 0 bridgehead atoms. The maximum atomic E-state index is 12.6. The minimum absolute atomic E-state index is 0.282. The predicted octanol–water partition coefficient (Wildman–Crippen LogP) is 6.81. The molecule has 2 aromatic heterocycles. The Labute approximate surface area is 190 Å². The molecule has 0 atom stereocenters. The zero-order chi connectivity index (χ0) is 20.8. The first-order valence-electron chi connectivity index (χ1n) is 8.77. The van der Waals surface area contributed by atoms with E-state index >= 15 is 0 Å². The number of nitrogens with zero attached hydrogens (tertiary/aromatic N) is 2.